The lowest BCUT2D eigenvalue weighted by Crippen LogP contribution is -2.57. The van der Waals surface area contributed by atoms with Gasteiger partial charge in [0.25, 0.3) is 5.56 Å². The van der Waals surface area contributed by atoms with Gasteiger partial charge in [-0.25, -0.2) is 4.79 Å². The van der Waals surface area contributed by atoms with E-state index in [1.54, 1.807) is 0 Å². The topological polar surface area (TPSA) is 184 Å². The first kappa shape index (κ1) is 20.1. The zero-order valence-corrected chi connectivity index (χ0v) is 14.3. The van der Waals surface area contributed by atoms with Crippen LogP contribution in [-0.4, -0.2) is 90.7 Å². The Balaban J connectivity index is 1.66. The van der Waals surface area contributed by atoms with Crippen molar-refractivity contribution in [3.8, 4) is 0 Å². The number of aliphatic hydroxyl groups excluding tert-OH is 5. The van der Waals surface area contributed by atoms with Gasteiger partial charge in [-0.15, -0.1) is 0 Å². The third-order valence-corrected chi connectivity index (χ3v) is 4.70. The first-order chi connectivity index (χ1) is 12.7. The Morgan fingerprint density at radius 3 is 2.41 bits per heavy atom. The lowest BCUT2D eigenvalue weighted by atomic mass is 10.00. The van der Waals surface area contributed by atoms with E-state index in [9.17, 15) is 35.1 Å². The summed E-state index contributed by atoms with van der Waals surface area (Å²) in [7, 11) is 0. The van der Waals surface area contributed by atoms with E-state index in [0.29, 0.717) is 0 Å². The number of H-pyrrole nitrogens is 1. The molecule has 0 aliphatic carbocycles. The molecule has 2 saturated heterocycles. The van der Waals surface area contributed by atoms with Gasteiger partial charge in [0.2, 0.25) is 0 Å². The van der Waals surface area contributed by atoms with Crippen LogP contribution in [0.15, 0.2) is 21.9 Å². The second-order valence-electron chi connectivity index (χ2n) is 6.58. The summed E-state index contributed by atoms with van der Waals surface area (Å²) >= 11 is 0. The van der Waals surface area contributed by atoms with Crippen molar-refractivity contribution in [1.82, 2.24) is 9.55 Å². The van der Waals surface area contributed by atoms with Gasteiger partial charge in [0, 0.05) is 12.3 Å². The first-order valence-corrected chi connectivity index (χ1v) is 8.35. The molecule has 12 nitrogen and oxygen atoms in total. The van der Waals surface area contributed by atoms with E-state index in [0.717, 1.165) is 16.8 Å². The molecule has 0 bridgehead atoms. The molecule has 2 fully saturated rings. The molecular weight excluding hydrogens is 368 g/mol. The normalized spacial score (nSPS) is 42.4. The Hall–Kier alpha value is -1.64. The smallest absolute Gasteiger partial charge is 0.330 e. The van der Waals surface area contributed by atoms with Gasteiger partial charge in [-0.3, -0.25) is 14.3 Å². The summed E-state index contributed by atoms with van der Waals surface area (Å²) < 4.78 is 17.0. The molecule has 1 aromatic heterocycles. The molecule has 3 rings (SSSR count). The fraction of sp³-hybridized carbons (Fsp3) is 0.733. The average molecular weight is 390 g/mol. The largest absolute Gasteiger partial charge is 0.388 e. The van der Waals surface area contributed by atoms with Crippen LogP contribution in [0.1, 0.15) is 13.2 Å². The van der Waals surface area contributed by atoms with E-state index in [2.05, 4.69) is 0 Å². The molecule has 12 heteroatoms. The van der Waals surface area contributed by atoms with Crippen LogP contribution in [0.2, 0.25) is 0 Å². The molecule has 1 aromatic rings. The van der Waals surface area contributed by atoms with Crippen molar-refractivity contribution in [2.24, 2.45) is 0 Å². The number of hydrogen-bond donors (Lipinski definition) is 6. The molecule has 2 aliphatic heterocycles. The van der Waals surface area contributed by atoms with Gasteiger partial charge in [-0.2, -0.15) is 0 Å². The van der Waals surface area contributed by atoms with Gasteiger partial charge in [0.15, 0.2) is 12.5 Å². The quantitative estimate of drug-likeness (QED) is 0.296. The highest BCUT2D eigenvalue weighted by Crippen LogP contribution is 2.29. The lowest BCUT2D eigenvalue weighted by Gasteiger charge is -2.39. The molecule has 6 N–H and O–H groups in total. The average Bonchev–Trinajstić information content (AvgIpc) is 2.90. The molecule has 1 unspecified atom stereocenters. The Morgan fingerprint density at radius 1 is 1.04 bits per heavy atom. The molecule has 0 spiro atoms. The van der Waals surface area contributed by atoms with Crippen molar-refractivity contribution in [3.05, 3.63) is 33.1 Å². The van der Waals surface area contributed by atoms with Crippen molar-refractivity contribution < 1.29 is 39.7 Å². The maximum absolute atomic E-state index is 11.8. The van der Waals surface area contributed by atoms with E-state index in [4.69, 9.17) is 14.2 Å². The van der Waals surface area contributed by atoms with E-state index in [-0.39, 0.29) is 6.61 Å². The molecule has 0 saturated carbocycles. The Labute approximate surface area is 152 Å². The molecule has 2 aliphatic rings. The van der Waals surface area contributed by atoms with Gasteiger partial charge in [0.05, 0.1) is 12.7 Å². The van der Waals surface area contributed by atoms with Crippen LogP contribution >= 0.6 is 0 Å². The number of ether oxygens (including phenoxy) is 3. The minimum absolute atomic E-state index is 0.343. The number of aliphatic hydroxyl groups is 5. The summed E-state index contributed by atoms with van der Waals surface area (Å²) in [5.74, 6) is 0. The van der Waals surface area contributed by atoms with Gasteiger partial charge in [0.1, 0.15) is 36.6 Å². The van der Waals surface area contributed by atoms with Crippen LogP contribution in [0.25, 0.3) is 0 Å². The van der Waals surface area contributed by atoms with Crippen molar-refractivity contribution >= 4 is 0 Å². The standard InChI is InChI=1S/C15H22N2O10/c1-5-8(19)10(21)12(23)14(26-5)25-4-6-9(20)11(22)13(27-6)17-3-2-7(18)16-15(17)24/h2-3,5-6,8-14,19-23H,4H2,1H3,(H,16,18,24)/t5-,6+,8-,9+,10+,11+,12+,13+,14?/m0/s1. The summed E-state index contributed by atoms with van der Waals surface area (Å²) in [5.41, 5.74) is -1.44. The van der Waals surface area contributed by atoms with Gasteiger partial charge in [-0.1, -0.05) is 0 Å². The summed E-state index contributed by atoms with van der Waals surface area (Å²) in [4.78, 5) is 25.0. The molecule has 0 aromatic carbocycles. The van der Waals surface area contributed by atoms with E-state index < -0.39 is 66.5 Å². The van der Waals surface area contributed by atoms with E-state index in [1.165, 1.54) is 6.92 Å². The highest BCUT2D eigenvalue weighted by Gasteiger charge is 2.46. The first-order valence-electron chi connectivity index (χ1n) is 8.35. The lowest BCUT2D eigenvalue weighted by molar-refractivity contribution is -0.298. The Kier molecular flexibility index (Phi) is 5.79. The van der Waals surface area contributed by atoms with E-state index >= 15 is 0 Å². The number of nitrogens with one attached hydrogen (secondary N) is 1. The number of hydrogen-bond acceptors (Lipinski definition) is 10. The molecule has 0 amide bonds. The molecule has 3 heterocycles. The maximum atomic E-state index is 11.8. The zero-order chi connectivity index (χ0) is 19.9. The molecule has 0 radical (unpaired) electrons. The monoisotopic (exact) mass is 390 g/mol. The van der Waals surface area contributed by atoms with Crippen molar-refractivity contribution in [3.63, 3.8) is 0 Å². The van der Waals surface area contributed by atoms with Gasteiger partial charge < -0.3 is 39.7 Å². The summed E-state index contributed by atoms with van der Waals surface area (Å²) in [6.07, 6.45) is -10.5. The van der Waals surface area contributed by atoms with Crippen LogP contribution < -0.4 is 11.2 Å². The molecular formula is C15H22N2O10. The highest BCUT2D eigenvalue weighted by molar-refractivity contribution is 4.94. The van der Waals surface area contributed by atoms with Crippen LogP contribution in [0.4, 0.5) is 0 Å². The summed E-state index contributed by atoms with van der Waals surface area (Å²) in [6.45, 7) is 1.14. The maximum Gasteiger partial charge on any atom is 0.330 e. The molecule has 27 heavy (non-hydrogen) atoms. The van der Waals surface area contributed by atoms with E-state index in [1.807, 2.05) is 4.98 Å². The second-order valence-corrected chi connectivity index (χ2v) is 6.58. The predicted molar refractivity (Wildman–Crippen MR) is 85.6 cm³/mol. The van der Waals surface area contributed by atoms with Crippen LogP contribution in [0, 0.1) is 0 Å². The van der Waals surface area contributed by atoms with Gasteiger partial charge >= 0.3 is 5.69 Å². The fourth-order valence-electron chi connectivity index (χ4n) is 3.07. The fourth-order valence-corrected chi connectivity index (χ4v) is 3.07. The predicted octanol–water partition coefficient (Wildman–Crippen LogP) is -4.00. The van der Waals surface area contributed by atoms with Gasteiger partial charge in [-0.05, 0) is 6.92 Å². The summed E-state index contributed by atoms with van der Waals surface area (Å²) in [5, 5.41) is 49.6. The number of aromatic amines is 1. The van der Waals surface area contributed by atoms with Crippen molar-refractivity contribution in [2.75, 3.05) is 6.61 Å². The second kappa shape index (κ2) is 7.77. The minimum atomic E-state index is -1.53. The van der Waals surface area contributed by atoms with Crippen molar-refractivity contribution in [2.45, 2.75) is 62.2 Å². The zero-order valence-electron chi connectivity index (χ0n) is 14.3. The Bertz CT molecular complexity index is 765. The van der Waals surface area contributed by atoms with Crippen LogP contribution in [-0.2, 0) is 14.2 Å². The third-order valence-electron chi connectivity index (χ3n) is 4.70. The summed E-state index contributed by atoms with van der Waals surface area (Å²) in [6, 6.07) is 1.06. The SMILES string of the molecule is C[C@@H]1OC(OC[C@H]2O[C@@H](n3ccc(=O)[nH]c3=O)[C@H](O)[C@@H]2O)[C@H](O)[C@H](O)[C@H]1O. The third kappa shape index (κ3) is 3.83. The highest BCUT2D eigenvalue weighted by atomic mass is 16.7. The number of aromatic nitrogens is 2. The number of rotatable bonds is 4. The number of nitrogens with zero attached hydrogens (tertiary/aromatic N) is 1. The van der Waals surface area contributed by atoms with Crippen LogP contribution in [0.3, 0.4) is 0 Å². The van der Waals surface area contributed by atoms with Crippen molar-refractivity contribution in [1.29, 1.82) is 0 Å². The molecule has 152 valence electrons. The minimum Gasteiger partial charge on any atom is -0.388 e. The Morgan fingerprint density at radius 2 is 1.74 bits per heavy atom. The van der Waals surface area contributed by atoms with Crippen LogP contribution in [0.5, 0.6) is 0 Å². The molecule has 9 atom stereocenters.